The van der Waals surface area contributed by atoms with Crippen molar-refractivity contribution in [3.8, 4) is 0 Å². The minimum atomic E-state index is 0.246. The zero-order valence-corrected chi connectivity index (χ0v) is 13.2. The van der Waals surface area contributed by atoms with E-state index >= 15 is 0 Å². The van der Waals surface area contributed by atoms with Crippen molar-refractivity contribution in [2.45, 2.75) is 50.7 Å². The van der Waals surface area contributed by atoms with Crippen LogP contribution < -0.4 is 0 Å². The van der Waals surface area contributed by atoms with Gasteiger partial charge in [0.25, 0.3) is 0 Å². The Morgan fingerprint density at radius 1 is 1.10 bits per heavy atom. The fourth-order valence-corrected chi connectivity index (χ4v) is 4.01. The van der Waals surface area contributed by atoms with Crippen LogP contribution in [0.1, 0.15) is 38.5 Å². The standard InChI is InChI=1S/C17H28N2O2/c1-21-16-9-12-19(13-16)15-7-10-18(11-8-15)17(20)14-5-3-2-4-6-14/h2-3,14-16H,4-13H2,1H3/t14-,16-/m0/s1. The zero-order valence-electron chi connectivity index (χ0n) is 13.2. The van der Waals surface area contributed by atoms with Gasteiger partial charge in [-0.25, -0.2) is 0 Å². The largest absolute Gasteiger partial charge is 0.380 e. The number of hydrogen-bond acceptors (Lipinski definition) is 3. The number of rotatable bonds is 3. The number of ether oxygens (including phenoxy) is 1. The van der Waals surface area contributed by atoms with Crippen LogP contribution in [0.4, 0.5) is 0 Å². The van der Waals surface area contributed by atoms with Gasteiger partial charge in [-0.05, 0) is 38.5 Å². The molecule has 0 radical (unpaired) electrons. The van der Waals surface area contributed by atoms with E-state index in [1.54, 1.807) is 0 Å². The number of hydrogen-bond donors (Lipinski definition) is 0. The van der Waals surface area contributed by atoms with E-state index in [1.165, 1.54) is 0 Å². The molecule has 1 amide bonds. The molecular formula is C17H28N2O2. The molecule has 3 rings (SSSR count). The van der Waals surface area contributed by atoms with Crippen molar-refractivity contribution >= 4 is 5.91 Å². The summed E-state index contributed by atoms with van der Waals surface area (Å²) in [5.41, 5.74) is 0. The van der Waals surface area contributed by atoms with Gasteiger partial charge in [-0.15, -0.1) is 0 Å². The normalized spacial score (nSPS) is 31.8. The third kappa shape index (κ3) is 3.49. The molecule has 0 aromatic heterocycles. The molecule has 0 saturated carbocycles. The molecule has 0 aromatic carbocycles. The Labute approximate surface area is 128 Å². The smallest absolute Gasteiger partial charge is 0.226 e. The summed E-state index contributed by atoms with van der Waals surface area (Å²) in [4.78, 5) is 17.2. The van der Waals surface area contributed by atoms with Gasteiger partial charge in [0.15, 0.2) is 0 Å². The Hall–Kier alpha value is -0.870. The Bertz CT molecular complexity index is 388. The van der Waals surface area contributed by atoms with Gasteiger partial charge in [0.1, 0.15) is 0 Å². The van der Waals surface area contributed by atoms with Crippen molar-refractivity contribution in [2.24, 2.45) is 5.92 Å². The van der Waals surface area contributed by atoms with Crippen LogP contribution >= 0.6 is 0 Å². The molecule has 2 aliphatic heterocycles. The first-order chi connectivity index (χ1) is 10.3. The lowest BCUT2D eigenvalue weighted by molar-refractivity contribution is -0.137. The first kappa shape index (κ1) is 15.0. The van der Waals surface area contributed by atoms with Crippen molar-refractivity contribution < 1.29 is 9.53 Å². The minimum absolute atomic E-state index is 0.246. The van der Waals surface area contributed by atoms with E-state index in [1.807, 2.05) is 7.11 Å². The van der Waals surface area contributed by atoms with Gasteiger partial charge >= 0.3 is 0 Å². The maximum absolute atomic E-state index is 12.5. The van der Waals surface area contributed by atoms with Crippen LogP contribution in [0, 0.1) is 5.92 Å². The number of carbonyl (C=O) groups excluding carboxylic acids is 1. The molecular weight excluding hydrogens is 264 g/mol. The molecule has 118 valence electrons. The van der Waals surface area contributed by atoms with Crippen molar-refractivity contribution in [3.63, 3.8) is 0 Å². The number of likely N-dealkylation sites (tertiary alicyclic amines) is 2. The van der Waals surface area contributed by atoms with E-state index < -0.39 is 0 Å². The van der Waals surface area contributed by atoms with Crippen molar-refractivity contribution in [1.29, 1.82) is 0 Å². The average Bonchev–Trinajstić information content (AvgIpc) is 3.04. The SMILES string of the molecule is CO[C@H]1CCN(C2CCN(C(=O)[C@H]3CC=CCC3)CC2)C1. The molecule has 0 unspecified atom stereocenters. The fraction of sp³-hybridized carbons (Fsp3) is 0.824. The molecule has 3 aliphatic rings. The van der Waals surface area contributed by atoms with Gasteiger partial charge in [-0.3, -0.25) is 9.69 Å². The summed E-state index contributed by atoms with van der Waals surface area (Å²) in [6, 6.07) is 0.653. The van der Waals surface area contributed by atoms with Crippen LogP contribution in [-0.2, 0) is 9.53 Å². The number of methoxy groups -OCH3 is 1. The highest BCUT2D eigenvalue weighted by atomic mass is 16.5. The van der Waals surface area contributed by atoms with Gasteiger partial charge in [-0.1, -0.05) is 12.2 Å². The molecule has 4 heteroatoms. The molecule has 2 saturated heterocycles. The van der Waals surface area contributed by atoms with Gasteiger partial charge in [-0.2, -0.15) is 0 Å². The first-order valence-corrected chi connectivity index (χ1v) is 8.48. The van der Waals surface area contributed by atoms with Crippen molar-refractivity contribution in [2.75, 3.05) is 33.3 Å². The number of piperidine rings is 1. The highest BCUT2D eigenvalue weighted by molar-refractivity contribution is 5.79. The quantitative estimate of drug-likeness (QED) is 0.746. The van der Waals surface area contributed by atoms with Crippen LogP contribution in [-0.4, -0.2) is 61.1 Å². The summed E-state index contributed by atoms with van der Waals surface area (Å²) >= 11 is 0. The zero-order chi connectivity index (χ0) is 14.7. The maximum Gasteiger partial charge on any atom is 0.226 e. The second kappa shape index (κ2) is 6.93. The van der Waals surface area contributed by atoms with Gasteiger partial charge in [0.2, 0.25) is 5.91 Å². The number of carbonyl (C=O) groups is 1. The van der Waals surface area contributed by atoms with Crippen LogP contribution in [0.3, 0.4) is 0 Å². The number of amides is 1. The van der Waals surface area contributed by atoms with Gasteiger partial charge in [0, 0.05) is 45.2 Å². The molecule has 21 heavy (non-hydrogen) atoms. The van der Waals surface area contributed by atoms with E-state index in [4.69, 9.17) is 4.74 Å². The average molecular weight is 292 g/mol. The van der Waals surface area contributed by atoms with Crippen LogP contribution in [0.2, 0.25) is 0 Å². The number of allylic oxidation sites excluding steroid dienone is 2. The second-order valence-electron chi connectivity index (χ2n) is 6.68. The summed E-state index contributed by atoms with van der Waals surface area (Å²) in [5, 5.41) is 0. The lowest BCUT2D eigenvalue weighted by Gasteiger charge is -2.38. The fourth-order valence-electron chi connectivity index (χ4n) is 4.01. The van der Waals surface area contributed by atoms with Gasteiger partial charge in [0.05, 0.1) is 6.10 Å². The monoisotopic (exact) mass is 292 g/mol. The summed E-state index contributed by atoms with van der Waals surface area (Å²) in [6.07, 6.45) is 11.3. The molecule has 0 spiro atoms. The highest BCUT2D eigenvalue weighted by Crippen LogP contribution is 2.26. The van der Waals surface area contributed by atoms with Gasteiger partial charge < -0.3 is 9.64 Å². The minimum Gasteiger partial charge on any atom is -0.380 e. The highest BCUT2D eigenvalue weighted by Gasteiger charge is 2.33. The Kier molecular flexibility index (Phi) is 4.96. The van der Waals surface area contributed by atoms with Crippen LogP contribution in [0.15, 0.2) is 12.2 Å². The summed E-state index contributed by atoms with van der Waals surface area (Å²) in [7, 11) is 1.81. The molecule has 0 bridgehead atoms. The Morgan fingerprint density at radius 3 is 2.52 bits per heavy atom. The van der Waals surface area contributed by atoms with Crippen LogP contribution in [0.25, 0.3) is 0 Å². The van der Waals surface area contributed by atoms with Crippen molar-refractivity contribution in [3.05, 3.63) is 12.2 Å². The van der Waals surface area contributed by atoms with E-state index in [2.05, 4.69) is 22.0 Å². The number of nitrogens with zero attached hydrogens (tertiary/aromatic N) is 2. The molecule has 2 fully saturated rings. The lowest BCUT2D eigenvalue weighted by Crippen LogP contribution is -2.48. The third-order valence-electron chi connectivity index (χ3n) is 5.42. The van der Waals surface area contributed by atoms with E-state index in [9.17, 15) is 4.79 Å². The molecule has 1 aliphatic carbocycles. The molecule has 4 nitrogen and oxygen atoms in total. The topological polar surface area (TPSA) is 32.8 Å². The van der Waals surface area contributed by atoms with Crippen LogP contribution in [0.5, 0.6) is 0 Å². The van der Waals surface area contributed by atoms with Crippen molar-refractivity contribution in [1.82, 2.24) is 9.80 Å². The Morgan fingerprint density at radius 2 is 1.90 bits per heavy atom. The lowest BCUT2D eigenvalue weighted by atomic mass is 9.92. The predicted octanol–water partition coefficient (Wildman–Crippen LogP) is 2.05. The molecule has 2 heterocycles. The molecule has 2 atom stereocenters. The predicted molar refractivity (Wildman–Crippen MR) is 83.1 cm³/mol. The summed E-state index contributed by atoms with van der Waals surface area (Å²) in [5.74, 6) is 0.644. The second-order valence-corrected chi connectivity index (χ2v) is 6.68. The maximum atomic E-state index is 12.5. The third-order valence-corrected chi connectivity index (χ3v) is 5.42. The summed E-state index contributed by atoms with van der Waals surface area (Å²) < 4.78 is 5.46. The van der Waals surface area contributed by atoms with E-state index in [0.29, 0.717) is 18.1 Å². The van der Waals surface area contributed by atoms with E-state index in [0.717, 1.165) is 64.7 Å². The Balaban J connectivity index is 1.46. The molecule has 0 aromatic rings. The molecule has 0 N–H and O–H groups in total. The van der Waals surface area contributed by atoms with E-state index in [-0.39, 0.29) is 5.92 Å². The first-order valence-electron chi connectivity index (χ1n) is 8.48. The summed E-state index contributed by atoms with van der Waals surface area (Å²) in [6.45, 7) is 4.11.